The van der Waals surface area contributed by atoms with Crippen LogP contribution in [0.1, 0.15) is 130 Å². The fourth-order valence-corrected chi connectivity index (χ4v) is 7.34. The van der Waals surface area contributed by atoms with Crippen LogP contribution in [0.3, 0.4) is 0 Å². The first-order valence-corrected chi connectivity index (χ1v) is 16.3. The van der Waals surface area contributed by atoms with E-state index in [2.05, 4.69) is 96.2 Å². The van der Waals surface area contributed by atoms with Crippen molar-refractivity contribution in [3.05, 3.63) is 88.8 Å². The maximum Gasteiger partial charge on any atom is 2.00 e. The van der Waals surface area contributed by atoms with Gasteiger partial charge in [-0.3, -0.25) is 19.6 Å². The number of aliphatic carboxylic acids is 1. The van der Waals surface area contributed by atoms with Crippen LogP contribution in [0.25, 0.3) is 17.1 Å². The Morgan fingerprint density at radius 2 is 1.57 bits per heavy atom. The SMILES string of the molecule is C=Cc1c(C)c2cc3nc(cc4[n-]c(cc5nc(cc1[nH]2)C(C)C5(C)CCC(=O)O)C(C)(CCC(=O)NC)C4C)C(C)C3(C)C=C.[Zn+2]. The number of carbonyl (C=O) groups is 2. The van der Waals surface area contributed by atoms with Crippen molar-refractivity contribution >= 4 is 29.0 Å². The molecule has 8 bridgehead atoms. The molecule has 47 heavy (non-hydrogen) atoms. The van der Waals surface area contributed by atoms with Gasteiger partial charge in [0, 0.05) is 76.2 Å². The van der Waals surface area contributed by atoms with Gasteiger partial charge in [-0.05, 0) is 55.7 Å². The summed E-state index contributed by atoms with van der Waals surface area (Å²) in [5.74, 6) is -0.854. The molecular weight excluding hydrogens is 640 g/mol. The maximum absolute atomic E-state index is 12.5. The van der Waals surface area contributed by atoms with E-state index < -0.39 is 22.2 Å². The largest absolute Gasteiger partial charge is 2.00 e. The molecular formula is C38H48N5O3Zn+. The van der Waals surface area contributed by atoms with Crippen LogP contribution in [0.5, 0.6) is 0 Å². The van der Waals surface area contributed by atoms with Crippen molar-refractivity contribution in [2.45, 2.75) is 108 Å². The Morgan fingerprint density at radius 3 is 2.19 bits per heavy atom. The third kappa shape index (κ3) is 6.01. The number of rotatable bonds is 8. The van der Waals surface area contributed by atoms with Gasteiger partial charge in [0.1, 0.15) is 0 Å². The summed E-state index contributed by atoms with van der Waals surface area (Å²) >= 11 is 0. The number of carboxylic acids is 1. The van der Waals surface area contributed by atoms with E-state index in [1.54, 1.807) is 7.05 Å². The van der Waals surface area contributed by atoms with E-state index >= 15 is 0 Å². The number of nitrogens with zero attached hydrogens (tertiary/aromatic N) is 3. The monoisotopic (exact) mass is 686 g/mol. The third-order valence-electron chi connectivity index (χ3n) is 11.8. The predicted octanol–water partition coefficient (Wildman–Crippen LogP) is 7.38. The molecule has 244 valence electrons. The van der Waals surface area contributed by atoms with Gasteiger partial charge < -0.3 is 20.4 Å². The minimum Gasteiger partial charge on any atom is -0.664 e. The Balaban J connectivity index is 0.00000500. The smallest absolute Gasteiger partial charge is 0.664 e. The van der Waals surface area contributed by atoms with Gasteiger partial charge in [-0.2, -0.15) is 11.4 Å². The molecule has 5 rings (SSSR count). The second kappa shape index (κ2) is 13.1. The van der Waals surface area contributed by atoms with Crippen LogP contribution in [-0.2, 0) is 45.3 Å². The van der Waals surface area contributed by atoms with E-state index in [0.29, 0.717) is 19.3 Å². The Morgan fingerprint density at radius 1 is 0.936 bits per heavy atom. The van der Waals surface area contributed by atoms with Gasteiger partial charge in [0.05, 0.1) is 5.69 Å². The first-order valence-electron chi connectivity index (χ1n) is 16.3. The average Bonchev–Trinajstić information content (AvgIpc) is 3.62. The van der Waals surface area contributed by atoms with Gasteiger partial charge in [-0.25, -0.2) is 0 Å². The summed E-state index contributed by atoms with van der Waals surface area (Å²) in [7, 11) is 1.66. The fraction of sp³-hybridized carbons (Fsp3) is 0.474. The number of fused-ring (bicyclic) bond motifs is 8. The first kappa shape index (κ1) is 36.3. The first-order chi connectivity index (χ1) is 21.6. The molecule has 0 radical (unpaired) electrons. The van der Waals surface area contributed by atoms with E-state index in [4.69, 9.17) is 15.0 Å². The Bertz CT molecular complexity index is 1810. The molecule has 0 saturated carbocycles. The zero-order valence-corrected chi connectivity index (χ0v) is 32.2. The van der Waals surface area contributed by atoms with Gasteiger partial charge in [-0.15, -0.1) is 6.58 Å². The van der Waals surface area contributed by atoms with Gasteiger partial charge >= 0.3 is 25.4 Å². The van der Waals surface area contributed by atoms with Crippen LogP contribution in [0.4, 0.5) is 0 Å². The van der Waals surface area contributed by atoms with Crippen LogP contribution in [0.2, 0.25) is 0 Å². The molecule has 0 fully saturated rings. The summed E-state index contributed by atoms with van der Waals surface area (Å²) in [6.45, 7) is 23.4. The summed E-state index contributed by atoms with van der Waals surface area (Å²) in [6, 6.07) is 8.40. The molecule has 3 aliphatic rings. The fourth-order valence-electron chi connectivity index (χ4n) is 7.34. The molecule has 3 N–H and O–H groups in total. The predicted molar refractivity (Wildman–Crippen MR) is 184 cm³/mol. The Hall–Kier alpha value is -3.58. The molecule has 6 unspecified atom stereocenters. The molecule has 9 heteroatoms. The molecule has 2 aromatic heterocycles. The normalized spacial score (nSPS) is 27.4. The number of aryl methyl sites for hydroxylation is 1. The molecule has 3 aliphatic heterocycles. The topological polar surface area (TPSA) is 122 Å². The number of H-pyrrole nitrogens is 1. The Labute approximate surface area is 291 Å². The van der Waals surface area contributed by atoms with Crippen molar-refractivity contribution in [1.82, 2.24) is 25.3 Å². The average molecular weight is 688 g/mol. The summed E-state index contributed by atoms with van der Waals surface area (Å²) in [5.41, 5.74) is 7.85. The quantitative estimate of drug-likeness (QED) is 0.197. The van der Waals surface area contributed by atoms with Crippen molar-refractivity contribution in [2.24, 2.45) is 0 Å². The minimum atomic E-state index is -0.834. The van der Waals surface area contributed by atoms with Crippen molar-refractivity contribution in [3.8, 4) is 0 Å². The molecule has 1 amide bonds. The summed E-state index contributed by atoms with van der Waals surface area (Å²) in [4.78, 5) is 43.6. The molecule has 0 aliphatic carbocycles. The van der Waals surface area contributed by atoms with E-state index in [0.717, 1.165) is 56.3 Å². The van der Waals surface area contributed by atoms with Crippen molar-refractivity contribution < 1.29 is 34.2 Å². The van der Waals surface area contributed by atoms with Crippen molar-refractivity contribution in [1.29, 1.82) is 0 Å². The number of aromatic nitrogens is 4. The number of nitrogens with one attached hydrogen (secondary N) is 2. The van der Waals surface area contributed by atoms with Crippen LogP contribution in [-0.4, -0.2) is 39.0 Å². The van der Waals surface area contributed by atoms with E-state index in [-0.39, 0.29) is 49.6 Å². The van der Waals surface area contributed by atoms with Crippen LogP contribution < -0.4 is 10.3 Å². The zero-order chi connectivity index (χ0) is 33.8. The van der Waals surface area contributed by atoms with Crippen molar-refractivity contribution in [2.75, 3.05) is 7.05 Å². The van der Waals surface area contributed by atoms with Crippen LogP contribution >= 0.6 is 0 Å². The zero-order valence-electron chi connectivity index (χ0n) is 29.3. The Kier molecular flexibility index (Phi) is 10.1. The molecule has 6 atom stereocenters. The van der Waals surface area contributed by atoms with E-state index in [9.17, 15) is 14.7 Å². The van der Waals surface area contributed by atoms with Gasteiger partial charge in [0.25, 0.3) is 0 Å². The molecule has 2 aromatic rings. The number of carbonyl (C=O) groups excluding carboxylic acids is 1. The number of hydrogen-bond acceptors (Lipinski definition) is 4. The standard InChI is InChI=1S/C38H49N5O3.Zn/c1-11-25-21(3)26-19-31-36(7,12-2)22(4)27(41-31)17-28-23(5)37(8,15-13-34(44)39-10)32(42-28)20-33-38(9,16-14-35(45)46)24(6)29(43-33)18-30(25)40-26;/h11-12,17-20,22-24,40H,1-2,13-16H2,3-10H3,(H3,39,41,42,43,44,45,46);/q;+2/p-1. The number of amides is 1. The molecule has 0 saturated heterocycles. The molecule has 8 nitrogen and oxygen atoms in total. The van der Waals surface area contributed by atoms with E-state index in [1.165, 1.54) is 0 Å². The summed E-state index contributed by atoms with van der Waals surface area (Å²) in [5, 5.41) is 12.5. The van der Waals surface area contributed by atoms with Crippen LogP contribution in [0, 0.1) is 6.92 Å². The molecule has 5 heterocycles. The third-order valence-corrected chi connectivity index (χ3v) is 11.8. The maximum atomic E-state index is 12.5. The minimum absolute atomic E-state index is 0. The number of hydrogen-bond donors (Lipinski definition) is 3. The van der Waals surface area contributed by atoms with Crippen LogP contribution in [0.15, 0.2) is 43.5 Å². The molecule has 0 spiro atoms. The van der Waals surface area contributed by atoms with Crippen molar-refractivity contribution in [3.63, 3.8) is 0 Å². The second-order valence-electron chi connectivity index (χ2n) is 14.1. The second-order valence-corrected chi connectivity index (χ2v) is 14.1. The van der Waals surface area contributed by atoms with Gasteiger partial charge in [0.2, 0.25) is 5.91 Å². The summed E-state index contributed by atoms with van der Waals surface area (Å²) in [6.07, 6.45) is 5.27. The van der Waals surface area contributed by atoms with E-state index in [1.807, 2.05) is 12.2 Å². The summed E-state index contributed by atoms with van der Waals surface area (Å²) < 4.78 is 0. The number of aromatic amines is 1. The number of allylic oxidation sites excluding steroid dienone is 1. The van der Waals surface area contributed by atoms with Gasteiger partial charge in [0.15, 0.2) is 0 Å². The van der Waals surface area contributed by atoms with Gasteiger partial charge in [-0.1, -0.05) is 65.5 Å². The molecule has 0 aromatic carbocycles. The number of carboxylic acid groups (broad SMARTS) is 1.